The Morgan fingerprint density at radius 1 is 1.33 bits per heavy atom. The maximum atomic E-state index is 11.9. The zero-order chi connectivity index (χ0) is 13.5. The Kier molecular flexibility index (Phi) is 5.36. The summed E-state index contributed by atoms with van der Waals surface area (Å²) in [4.78, 5) is 22.9. The molecule has 0 spiro atoms. The molecule has 0 fully saturated rings. The van der Waals surface area contributed by atoms with Crippen LogP contribution in [0.25, 0.3) is 0 Å². The minimum Gasteiger partial charge on any atom is -0.426 e. The van der Waals surface area contributed by atoms with Gasteiger partial charge in [-0.25, -0.2) is 0 Å². The van der Waals surface area contributed by atoms with Crippen molar-refractivity contribution in [1.29, 1.82) is 0 Å². The number of hydrogen-bond donors (Lipinski definition) is 1. The number of nitrogens with one attached hydrogen (secondary N) is 1. The fourth-order valence-electron chi connectivity index (χ4n) is 1.60. The quantitative estimate of drug-likeness (QED) is 0.495. The molecule has 0 heterocycles. The van der Waals surface area contributed by atoms with Crippen LogP contribution in [0.3, 0.4) is 0 Å². The Morgan fingerprint density at radius 2 is 2.06 bits per heavy atom. The third-order valence-electron chi connectivity index (χ3n) is 2.60. The SMILES string of the molecule is CCCCNC(=O)c1cccc(OC(C)=O)c1C. The van der Waals surface area contributed by atoms with Gasteiger partial charge >= 0.3 is 5.97 Å². The van der Waals surface area contributed by atoms with Crippen LogP contribution in [0.4, 0.5) is 0 Å². The summed E-state index contributed by atoms with van der Waals surface area (Å²) in [6.07, 6.45) is 1.99. The summed E-state index contributed by atoms with van der Waals surface area (Å²) in [5, 5.41) is 2.84. The first-order valence-electron chi connectivity index (χ1n) is 6.12. The molecule has 0 atom stereocenters. The van der Waals surface area contributed by atoms with Gasteiger partial charge in [-0.15, -0.1) is 0 Å². The number of unbranched alkanes of at least 4 members (excludes halogenated alkanes) is 1. The second-order valence-electron chi connectivity index (χ2n) is 4.13. The number of carbonyl (C=O) groups is 2. The average Bonchev–Trinajstić information content (AvgIpc) is 2.31. The second kappa shape index (κ2) is 6.79. The van der Waals surface area contributed by atoms with E-state index in [1.54, 1.807) is 25.1 Å². The summed E-state index contributed by atoms with van der Waals surface area (Å²) in [5.41, 5.74) is 1.23. The zero-order valence-corrected chi connectivity index (χ0v) is 11.1. The van der Waals surface area contributed by atoms with Crippen LogP contribution in [0.5, 0.6) is 5.75 Å². The molecule has 0 unspecified atom stereocenters. The van der Waals surface area contributed by atoms with Gasteiger partial charge in [-0.1, -0.05) is 19.4 Å². The lowest BCUT2D eigenvalue weighted by atomic mass is 10.1. The zero-order valence-electron chi connectivity index (χ0n) is 11.1. The fourth-order valence-corrected chi connectivity index (χ4v) is 1.60. The molecule has 0 aliphatic carbocycles. The highest BCUT2D eigenvalue weighted by Crippen LogP contribution is 2.21. The number of hydrogen-bond acceptors (Lipinski definition) is 3. The average molecular weight is 249 g/mol. The first-order chi connectivity index (χ1) is 8.56. The molecule has 0 aliphatic heterocycles. The third kappa shape index (κ3) is 3.87. The summed E-state index contributed by atoms with van der Waals surface area (Å²) in [6, 6.07) is 5.11. The second-order valence-corrected chi connectivity index (χ2v) is 4.13. The molecule has 0 saturated carbocycles. The molecule has 98 valence electrons. The van der Waals surface area contributed by atoms with Crippen molar-refractivity contribution in [2.45, 2.75) is 33.6 Å². The Balaban J connectivity index is 2.82. The Bertz CT molecular complexity index is 441. The van der Waals surface area contributed by atoms with Gasteiger partial charge < -0.3 is 10.1 Å². The van der Waals surface area contributed by atoms with Crippen molar-refractivity contribution in [3.8, 4) is 5.75 Å². The molecule has 0 bridgehead atoms. The van der Waals surface area contributed by atoms with Crippen molar-refractivity contribution in [2.24, 2.45) is 0 Å². The summed E-state index contributed by atoms with van der Waals surface area (Å²) in [7, 11) is 0. The van der Waals surface area contributed by atoms with E-state index in [1.165, 1.54) is 6.92 Å². The number of benzene rings is 1. The van der Waals surface area contributed by atoms with Gasteiger partial charge in [0, 0.05) is 24.6 Å². The van der Waals surface area contributed by atoms with E-state index in [0.29, 0.717) is 23.4 Å². The molecule has 1 amide bonds. The number of rotatable bonds is 5. The molecule has 1 rings (SSSR count). The minimum absolute atomic E-state index is 0.130. The van der Waals surface area contributed by atoms with E-state index in [0.717, 1.165) is 12.8 Å². The minimum atomic E-state index is -0.387. The van der Waals surface area contributed by atoms with Crippen LogP contribution < -0.4 is 10.1 Å². The smallest absolute Gasteiger partial charge is 0.308 e. The monoisotopic (exact) mass is 249 g/mol. The summed E-state index contributed by atoms with van der Waals surface area (Å²) in [6.45, 7) is 5.84. The van der Waals surface area contributed by atoms with E-state index in [-0.39, 0.29) is 11.9 Å². The van der Waals surface area contributed by atoms with Gasteiger partial charge in [-0.05, 0) is 25.5 Å². The highest BCUT2D eigenvalue weighted by Gasteiger charge is 2.12. The molecule has 4 nitrogen and oxygen atoms in total. The van der Waals surface area contributed by atoms with Gasteiger partial charge in [0.25, 0.3) is 5.91 Å². The summed E-state index contributed by atoms with van der Waals surface area (Å²) >= 11 is 0. The topological polar surface area (TPSA) is 55.4 Å². The lowest BCUT2D eigenvalue weighted by Crippen LogP contribution is -2.25. The summed E-state index contributed by atoms with van der Waals surface area (Å²) < 4.78 is 5.04. The maximum absolute atomic E-state index is 11.9. The van der Waals surface area contributed by atoms with E-state index in [2.05, 4.69) is 12.2 Å². The first kappa shape index (κ1) is 14.2. The van der Waals surface area contributed by atoms with Gasteiger partial charge in [0.2, 0.25) is 0 Å². The molecule has 1 N–H and O–H groups in total. The largest absolute Gasteiger partial charge is 0.426 e. The maximum Gasteiger partial charge on any atom is 0.308 e. The number of carbonyl (C=O) groups excluding carboxylic acids is 2. The standard InChI is InChI=1S/C14H19NO3/c1-4-5-9-15-14(17)12-7-6-8-13(10(12)2)18-11(3)16/h6-8H,4-5,9H2,1-3H3,(H,15,17). The highest BCUT2D eigenvalue weighted by atomic mass is 16.5. The van der Waals surface area contributed by atoms with E-state index in [1.807, 2.05) is 0 Å². The Morgan fingerprint density at radius 3 is 2.67 bits per heavy atom. The van der Waals surface area contributed by atoms with Gasteiger partial charge in [0.15, 0.2) is 0 Å². The molecule has 0 radical (unpaired) electrons. The fraction of sp³-hybridized carbons (Fsp3) is 0.429. The Hall–Kier alpha value is -1.84. The normalized spacial score (nSPS) is 9.94. The predicted octanol–water partition coefficient (Wildman–Crippen LogP) is 2.45. The number of esters is 1. The van der Waals surface area contributed by atoms with Crippen LogP contribution in [-0.4, -0.2) is 18.4 Å². The molecular weight excluding hydrogens is 230 g/mol. The van der Waals surface area contributed by atoms with Gasteiger partial charge in [-0.3, -0.25) is 9.59 Å². The van der Waals surface area contributed by atoms with Crippen LogP contribution >= 0.6 is 0 Å². The van der Waals surface area contributed by atoms with Crippen molar-refractivity contribution in [3.05, 3.63) is 29.3 Å². The van der Waals surface area contributed by atoms with Crippen molar-refractivity contribution >= 4 is 11.9 Å². The Labute approximate surface area is 107 Å². The number of amides is 1. The van der Waals surface area contributed by atoms with Crippen LogP contribution in [-0.2, 0) is 4.79 Å². The van der Waals surface area contributed by atoms with Gasteiger partial charge in [-0.2, -0.15) is 0 Å². The molecule has 0 aliphatic rings. The predicted molar refractivity (Wildman–Crippen MR) is 69.7 cm³/mol. The van der Waals surface area contributed by atoms with Crippen LogP contribution in [0, 0.1) is 6.92 Å². The van der Waals surface area contributed by atoms with Crippen LogP contribution in [0.15, 0.2) is 18.2 Å². The van der Waals surface area contributed by atoms with E-state index in [9.17, 15) is 9.59 Å². The molecule has 18 heavy (non-hydrogen) atoms. The van der Waals surface area contributed by atoms with E-state index in [4.69, 9.17) is 4.74 Å². The molecule has 0 saturated heterocycles. The number of ether oxygens (including phenoxy) is 1. The van der Waals surface area contributed by atoms with Gasteiger partial charge in [0.1, 0.15) is 5.75 Å². The van der Waals surface area contributed by atoms with Crippen molar-refractivity contribution in [2.75, 3.05) is 6.54 Å². The van der Waals surface area contributed by atoms with E-state index < -0.39 is 0 Å². The molecule has 0 aromatic heterocycles. The summed E-state index contributed by atoms with van der Waals surface area (Å²) in [5.74, 6) is -0.0813. The third-order valence-corrected chi connectivity index (χ3v) is 2.60. The van der Waals surface area contributed by atoms with Gasteiger partial charge in [0.05, 0.1) is 0 Å². The van der Waals surface area contributed by atoms with Crippen molar-refractivity contribution in [1.82, 2.24) is 5.32 Å². The van der Waals surface area contributed by atoms with Crippen molar-refractivity contribution < 1.29 is 14.3 Å². The van der Waals surface area contributed by atoms with E-state index >= 15 is 0 Å². The molecular formula is C14H19NO3. The first-order valence-corrected chi connectivity index (χ1v) is 6.12. The molecule has 1 aromatic carbocycles. The highest BCUT2D eigenvalue weighted by molar-refractivity contribution is 5.96. The lowest BCUT2D eigenvalue weighted by molar-refractivity contribution is -0.131. The molecule has 1 aromatic rings. The van der Waals surface area contributed by atoms with Crippen molar-refractivity contribution in [3.63, 3.8) is 0 Å². The van der Waals surface area contributed by atoms with Crippen LogP contribution in [0.2, 0.25) is 0 Å². The lowest BCUT2D eigenvalue weighted by Gasteiger charge is -2.10. The molecule has 4 heteroatoms. The van der Waals surface area contributed by atoms with Crippen LogP contribution in [0.1, 0.15) is 42.6 Å².